The van der Waals surface area contributed by atoms with Gasteiger partial charge in [-0.2, -0.15) is 0 Å². The number of epoxide rings is 1. The highest BCUT2D eigenvalue weighted by Crippen LogP contribution is 2.31. The van der Waals surface area contributed by atoms with Crippen LogP contribution in [-0.4, -0.2) is 29.1 Å². The molecule has 0 aromatic rings. The van der Waals surface area contributed by atoms with Gasteiger partial charge in [-0.05, 0) is 32.1 Å². The van der Waals surface area contributed by atoms with Gasteiger partial charge in [0.1, 0.15) is 5.78 Å². The first-order chi connectivity index (χ1) is 10.6. The summed E-state index contributed by atoms with van der Waals surface area (Å²) in [7, 11) is 0. The zero-order valence-corrected chi connectivity index (χ0v) is 13.8. The molecular formula is C18H30O4. The summed E-state index contributed by atoms with van der Waals surface area (Å²) in [6.45, 7) is 2.20. The maximum absolute atomic E-state index is 11.8. The highest BCUT2D eigenvalue weighted by atomic mass is 16.6. The van der Waals surface area contributed by atoms with Gasteiger partial charge in [-0.15, -0.1) is 0 Å². The second-order valence-electron chi connectivity index (χ2n) is 6.13. The number of carbonyl (C=O) groups excluding carboxylic acids is 1. The molecule has 1 aliphatic heterocycles. The van der Waals surface area contributed by atoms with E-state index in [1.54, 1.807) is 6.08 Å². The van der Waals surface area contributed by atoms with E-state index in [0.717, 1.165) is 38.5 Å². The van der Waals surface area contributed by atoms with E-state index in [9.17, 15) is 9.59 Å². The van der Waals surface area contributed by atoms with Crippen LogP contribution in [0.15, 0.2) is 12.2 Å². The van der Waals surface area contributed by atoms with Crippen LogP contribution in [0.5, 0.6) is 0 Å². The Labute approximate surface area is 133 Å². The van der Waals surface area contributed by atoms with Gasteiger partial charge in [0, 0.05) is 18.9 Å². The molecule has 0 saturated carbocycles. The molecule has 0 aromatic carbocycles. The average Bonchev–Trinajstić information content (AvgIpc) is 3.22. The molecule has 1 N–H and O–H groups in total. The molecule has 1 rings (SSSR count). The lowest BCUT2D eigenvalue weighted by Crippen LogP contribution is -2.02. The van der Waals surface area contributed by atoms with Crippen LogP contribution in [0.3, 0.4) is 0 Å². The molecule has 2 atom stereocenters. The number of unbranched alkanes of at least 4 members (excludes halogenated alkanes) is 5. The standard InChI is InChI=1S/C18H30O4/c1-2-3-7-11-16-17(22-16)14-13-15(19)10-8-5-4-6-9-12-18(20)21/h9,12,16-17H,2-8,10-11,13-14H2,1H3,(H,20,21)/t16-,17-/m0/s1. The molecule has 22 heavy (non-hydrogen) atoms. The number of ether oxygens (including phenoxy) is 1. The molecule has 1 aliphatic rings. The number of aliphatic carboxylic acids is 1. The fourth-order valence-electron chi connectivity index (χ4n) is 2.66. The fraction of sp³-hybridized carbons (Fsp3) is 0.778. The number of carboxylic acid groups (broad SMARTS) is 1. The number of carboxylic acids is 1. The number of hydrogen-bond acceptors (Lipinski definition) is 3. The van der Waals surface area contributed by atoms with Gasteiger partial charge < -0.3 is 9.84 Å². The number of hydrogen-bond donors (Lipinski definition) is 1. The van der Waals surface area contributed by atoms with Crippen LogP contribution in [0.2, 0.25) is 0 Å². The third kappa shape index (κ3) is 9.72. The summed E-state index contributed by atoms with van der Waals surface area (Å²) in [5, 5.41) is 8.44. The van der Waals surface area contributed by atoms with Crippen molar-refractivity contribution in [3.63, 3.8) is 0 Å². The number of ketones is 1. The molecule has 1 heterocycles. The van der Waals surface area contributed by atoms with Gasteiger partial charge in [0.15, 0.2) is 0 Å². The van der Waals surface area contributed by atoms with Crippen LogP contribution < -0.4 is 0 Å². The van der Waals surface area contributed by atoms with Crippen LogP contribution in [0, 0.1) is 0 Å². The largest absolute Gasteiger partial charge is 0.478 e. The molecule has 126 valence electrons. The Morgan fingerprint density at radius 1 is 1.00 bits per heavy atom. The first-order valence-corrected chi connectivity index (χ1v) is 8.70. The maximum atomic E-state index is 11.8. The van der Waals surface area contributed by atoms with E-state index in [2.05, 4.69) is 6.92 Å². The van der Waals surface area contributed by atoms with Gasteiger partial charge in [0.2, 0.25) is 0 Å². The van der Waals surface area contributed by atoms with Crippen molar-refractivity contribution in [3.8, 4) is 0 Å². The third-order valence-electron chi connectivity index (χ3n) is 4.07. The van der Waals surface area contributed by atoms with Crippen molar-refractivity contribution in [3.05, 3.63) is 12.2 Å². The number of rotatable bonds is 14. The summed E-state index contributed by atoms with van der Waals surface area (Å²) in [6.07, 6.45) is 14.3. The van der Waals surface area contributed by atoms with Gasteiger partial charge in [-0.1, -0.05) is 38.7 Å². The lowest BCUT2D eigenvalue weighted by Gasteiger charge is -2.00. The molecule has 0 aliphatic carbocycles. The van der Waals surface area contributed by atoms with Crippen molar-refractivity contribution in [2.45, 2.75) is 89.8 Å². The Balaban J connectivity index is 1.89. The predicted octanol–water partition coefficient (Wildman–Crippen LogP) is 4.27. The van der Waals surface area contributed by atoms with Crippen molar-refractivity contribution in [2.24, 2.45) is 0 Å². The van der Waals surface area contributed by atoms with E-state index in [1.807, 2.05) is 0 Å². The van der Waals surface area contributed by atoms with Crippen molar-refractivity contribution < 1.29 is 19.4 Å². The smallest absolute Gasteiger partial charge is 0.327 e. The molecule has 1 fully saturated rings. The minimum absolute atomic E-state index is 0.335. The molecule has 0 bridgehead atoms. The molecule has 0 aromatic heterocycles. The Hall–Kier alpha value is -1.16. The van der Waals surface area contributed by atoms with Crippen LogP contribution in [0.4, 0.5) is 0 Å². The Bertz CT molecular complexity index is 362. The maximum Gasteiger partial charge on any atom is 0.327 e. The fourth-order valence-corrected chi connectivity index (χ4v) is 2.66. The number of Topliss-reactive ketones (excluding diaryl/α,β-unsaturated/α-hetero) is 1. The van der Waals surface area contributed by atoms with Crippen LogP contribution >= 0.6 is 0 Å². The second-order valence-corrected chi connectivity index (χ2v) is 6.13. The molecule has 0 spiro atoms. The molecular weight excluding hydrogens is 280 g/mol. The monoisotopic (exact) mass is 310 g/mol. The Morgan fingerprint density at radius 3 is 2.50 bits per heavy atom. The van der Waals surface area contributed by atoms with Gasteiger partial charge in [-0.25, -0.2) is 4.79 Å². The Kier molecular flexibility index (Phi) is 9.80. The van der Waals surface area contributed by atoms with E-state index in [1.165, 1.54) is 25.3 Å². The zero-order chi connectivity index (χ0) is 16.2. The second kappa shape index (κ2) is 11.4. The first kappa shape index (κ1) is 18.9. The van der Waals surface area contributed by atoms with Crippen molar-refractivity contribution in [1.82, 2.24) is 0 Å². The van der Waals surface area contributed by atoms with E-state index >= 15 is 0 Å². The van der Waals surface area contributed by atoms with Gasteiger partial charge in [-0.3, -0.25) is 4.79 Å². The summed E-state index contributed by atoms with van der Waals surface area (Å²) in [5.74, 6) is -0.561. The summed E-state index contributed by atoms with van der Waals surface area (Å²) in [4.78, 5) is 22.0. The third-order valence-corrected chi connectivity index (χ3v) is 4.07. The van der Waals surface area contributed by atoms with E-state index in [0.29, 0.717) is 30.8 Å². The normalized spacial score (nSPS) is 20.4. The molecule has 4 heteroatoms. The van der Waals surface area contributed by atoms with E-state index in [-0.39, 0.29) is 0 Å². The highest BCUT2D eigenvalue weighted by Gasteiger charge is 2.37. The lowest BCUT2D eigenvalue weighted by molar-refractivity contribution is -0.131. The molecule has 4 nitrogen and oxygen atoms in total. The lowest BCUT2D eigenvalue weighted by atomic mass is 10.0. The molecule has 0 unspecified atom stereocenters. The topological polar surface area (TPSA) is 66.9 Å². The minimum atomic E-state index is -0.898. The van der Waals surface area contributed by atoms with E-state index in [4.69, 9.17) is 9.84 Å². The van der Waals surface area contributed by atoms with Gasteiger partial charge in [0.05, 0.1) is 12.2 Å². The van der Waals surface area contributed by atoms with Crippen LogP contribution in [0.25, 0.3) is 0 Å². The van der Waals surface area contributed by atoms with Crippen LogP contribution in [0.1, 0.15) is 77.6 Å². The minimum Gasteiger partial charge on any atom is -0.478 e. The van der Waals surface area contributed by atoms with E-state index < -0.39 is 5.97 Å². The van der Waals surface area contributed by atoms with Gasteiger partial charge in [0.25, 0.3) is 0 Å². The van der Waals surface area contributed by atoms with Crippen molar-refractivity contribution >= 4 is 11.8 Å². The SMILES string of the molecule is CCCCC[C@@H]1O[C@H]1CCC(=O)CCCCCC=CC(=O)O. The van der Waals surface area contributed by atoms with Crippen molar-refractivity contribution in [2.75, 3.05) is 0 Å². The summed E-state index contributed by atoms with van der Waals surface area (Å²) < 4.78 is 5.60. The van der Waals surface area contributed by atoms with Gasteiger partial charge >= 0.3 is 5.97 Å². The zero-order valence-electron chi connectivity index (χ0n) is 13.8. The highest BCUT2D eigenvalue weighted by molar-refractivity contribution is 5.79. The molecule has 0 radical (unpaired) electrons. The quantitative estimate of drug-likeness (QED) is 0.295. The number of allylic oxidation sites excluding steroid dienone is 1. The first-order valence-electron chi connectivity index (χ1n) is 8.70. The summed E-state index contributed by atoms with van der Waals surface area (Å²) >= 11 is 0. The predicted molar refractivity (Wildman–Crippen MR) is 86.9 cm³/mol. The summed E-state index contributed by atoms with van der Waals surface area (Å²) in [5.41, 5.74) is 0. The van der Waals surface area contributed by atoms with Crippen LogP contribution in [-0.2, 0) is 14.3 Å². The molecule has 1 saturated heterocycles. The molecule has 0 amide bonds. The number of carbonyl (C=O) groups is 2. The Morgan fingerprint density at radius 2 is 1.77 bits per heavy atom. The summed E-state index contributed by atoms with van der Waals surface area (Å²) in [6, 6.07) is 0. The van der Waals surface area contributed by atoms with Crippen molar-refractivity contribution in [1.29, 1.82) is 0 Å². The average molecular weight is 310 g/mol.